The molecule has 0 aliphatic rings. The van der Waals surface area contributed by atoms with E-state index in [9.17, 15) is 0 Å². The summed E-state index contributed by atoms with van der Waals surface area (Å²) < 4.78 is 5.73. The lowest BCUT2D eigenvalue weighted by molar-refractivity contribution is 0.278. The van der Waals surface area contributed by atoms with Crippen LogP contribution in [-0.2, 0) is 0 Å². The van der Waals surface area contributed by atoms with E-state index in [-0.39, 0.29) is 12.4 Å². The van der Waals surface area contributed by atoms with Crippen molar-refractivity contribution in [2.75, 3.05) is 26.2 Å². The number of hydrogen-bond acceptors (Lipinski definition) is 2. The molecule has 0 aliphatic carbocycles. The molecule has 0 bridgehead atoms. The van der Waals surface area contributed by atoms with Crippen LogP contribution in [0.15, 0.2) is 49.6 Å². The molecule has 0 fully saturated rings. The van der Waals surface area contributed by atoms with Gasteiger partial charge in [0.05, 0.1) is 6.61 Å². The summed E-state index contributed by atoms with van der Waals surface area (Å²) in [6, 6.07) is 8.19. The molecule has 0 heterocycles. The van der Waals surface area contributed by atoms with Crippen molar-refractivity contribution < 1.29 is 4.74 Å². The van der Waals surface area contributed by atoms with Gasteiger partial charge in [-0.05, 0) is 44.0 Å². The molecule has 0 N–H and O–H groups in total. The fraction of sp³-hybridized carbons (Fsp3) is 0.412. The van der Waals surface area contributed by atoms with Crippen molar-refractivity contribution in [1.29, 1.82) is 0 Å². The average molecular weight is 296 g/mol. The number of benzene rings is 1. The van der Waals surface area contributed by atoms with Crippen molar-refractivity contribution in [3.63, 3.8) is 0 Å². The van der Waals surface area contributed by atoms with Gasteiger partial charge in [0.2, 0.25) is 0 Å². The molecule has 112 valence electrons. The van der Waals surface area contributed by atoms with E-state index in [1.54, 1.807) is 0 Å². The molecule has 3 heteroatoms. The molecule has 1 rings (SSSR count). The Kier molecular flexibility index (Phi) is 10.8. The van der Waals surface area contributed by atoms with E-state index in [1.807, 2.05) is 24.3 Å². The first-order chi connectivity index (χ1) is 9.26. The van der Waals surface area contributed by atoms with Crippen molar-refractivity contribution in [1.82, 2.24) is 4.90 Å². The van der Waals surface area contributed by atoms with E-state index < -0.39 is 0 Å². The van der Waals surface area contributed by atoms with Gasteiger partial charge in [0.15, 0.2) is 0 Å². The predicted molar refractivity (Wildman–Crippen MR) is 90.0 cm³/mol. The molecule has 0 atom stereocenters. The molecule has 1 aromatic carbocycles. The predicted octanol–water partition coefficient (Wildman–Crippen LogP) is 4.25. The fourth-order valence-electron chi connectivity index (χ4n) is 1.95. The number of hydrogen-bond donors (Lipinski definition) is 0. The molecule has 0 saturated heterocycles. The standard InChI is InChI=1S/C17H25NO.ClH/c1-4-11-18(12-5-2)13-6-7-14-19-17-10-8-9-16(3)15-17;/h4-5,8-10,15H,1-2,6-7,11-14H2,3H3;1H. The van der Waals surface area contributed by atoms with Gasteiger partial charge in [-0.15, -0.1) is 25.6 Å². The Balaban J connectivity index is 0.00000361. The summed E-state index contributed by atoms with van der Waals surface area (Å²) in [5, 5.41) is 0. The van der Waals surface area contributed by atoms with E-state index in [1.165, 1.54) is 5.56 Å². The first-order valence-electron chi connectivity index (χ1n) is 6.90. The lowest BCUT2D eigenvalue weighted by Crippen LogP contribution is -2.25. The zero-order valence-corrected chi connectivity index (χ0v) is 13.2. The zero-order valence-electron chi connectivity index (χ0n) is 12.4. The number of halogens is 1. The maximum atomic E-state index is 5.73. The Hall–Kier alpha value is -1.25. The quantitative estimate of drug-likeness (QED) is 0.473. The third kappa shape index (κ3) is 8.03. The van der Waals surface area contributed by atoms with Gasteiger partial charge in [0, 0.05) is 13.1 Å². The number of unbranched alkanes of at least 4 members (excludes halogenated alkanes) is 1. The molecule has 0 radical (unpaired) electrons. The van der Waals surface area contributed by atoms with Crippen LogP contribution in [0.2, 0.25) is 0 Å². The van der Waals surface area contributed by atoms with Crippen molar-refractivity contribution in [2.45, 2.75) is 19.8 Å². The Labute approximate surface area is 129 Å². The third-order valence-electron chi connectivity index (χ3n) is 2.90. The molecule has 0 saturated carbocycles. The second kappa shape index (κ2) is 11.6. The smallest absolute Gasteiger partial charge is 0.119 e. The van der Waals surface area contributed by atoms with E-state index in [0.29, 0.717) is 0 Å². The monoisotopic (exact) mass is 295 g/mol. The highest BCUT2D eigenvalue weighted by Crippen LogP contribution is 2.12. The van der Waals surface area contributed by atoms with E-state index in [4.69, 9.17) is 4.74 Å². The number of ether oxygens (including phenoxy) is 1. The lowest BCUT2D eigenvalue weighted by Gasteiger charge is -2.18. The summed E-state index contributed by atoms with van der Waals surface area (Å²) in [5.74, 6) is 0.967. The van der Waals surface area contributed by atoms with Gasteiger partial charge in [0.25, 0.3) is 0 Å². The van der Waals surface area contributed by atoms with Gasteiger partial charge in [0.1, 0.15) is 5.75 Å². The van der Waals surface area contributed by atoms with Crippen LogP contribution in [0.4, 0.5) is 0 Å². The molecule has 2 nitrogen and oxygen atoms in total. The van der Waals surface area contributed by atoms with Crippen LogP contribution in [0.5, 0.6) is 5.75 Å². The zero-order chi connectivity index (χ0) is 13.9. The second-order valence-corrected chi connectivity index (χ2v) is 4.71. The molecule has 20 heavy (non-hydrogen) atoms. The van der Waals surface area contributed by atoms with E-state index in [2.05, 4.69) is 37.1 Å². The van der Waals surface area contributed by atoms with Crippen molar-refractivity contribution in [3.8, 4) is 5.75 Å². The first-order valence-corrected chi connectivity index (χ1v) is 6.90. The van der Waals surface area contributed by atoms with Gasteiger partial charge in [-0.3, -0.25) is 4.90 Å². The molecule has 0 spiro atoms. The Morgan fingerprint density at radius 1 is 1.15 bits per heavy atom. The molecular formula is C17H26ClNO. The Morgan fingerprint density at radius 3 is 2.45 bits per heavy atom. The van der Waals surface area contributed by atoms with Crippen molar-refractivity contribution >= 4 is 12.4 Å². The molecule has 0 aliphatic heterocycles. The summed E-state index contributed by atoms with van der Waals surface area (Å²) in [4.78, 5) is 2.33. The minimum atomic E-state index is 0. The highest BCUT2D eigenvalue weighted by Gasteiger charge is 2.00. The second-order valence-electron chi connectivity index (χ2n) is 4.71. The first kappa shape index (κ1) is 18.8. The summed E-state index contributed by atoms with van der Waals surface area (Å²) in [6.07, 6.45) is 6.08. The number of nitrogens with zero attached hydrogens (tertiary/aromatic N) is 1. The topological polar surface area (TPSA) is 12.5 Å². The van der Waals surface area contributed by atoms with Gasteiger partial charge >= 0.3 is 0 Å². The minimum absolute atomic E-state index is 0. The highest BCUT2D eigenvalue weighted by atomic mass is 35.5. The summed E-state index contributed by atoms with van der Waals surface area (Å²) in [6.45, 7) is 13.3. The van der Waals surface area contributed by atoms with E-state index in [0.717, 1.165) is 44.8 Å². The maximum absolute atomic E-state index is 5.73. The van der Waals surface area contributed by atoms with Gasteiger partial charge in [-0.25, -0.2) is 0 Å². The molecule has 0 amide bonds. The largest absolute Gasteiger partial charge is 0.494 e. The normalized spacial score (nSPS) is 9.90. The van der Waals surface area contributed by atoms with Gasteiger partial charge in [-0.1, -0.05) is 24.3 Å². The third-order valence-corrected chi connectivity index (χ3v) is 2.90. The number of rotatable bonds is 10. The molecule has 1 aromatic rings. The van der Waals surface area contributed by atoms with E-state index >= 15 is 0 Å². The lowest BCUT2D eigenvalue weighted by atomic mass is 10.2. The SMILES string of the molecule is C=CCN(CC=C)CCCCOc1cccc(C)c1.Cl. The summed E-state index contributed by atoms with van der Waals surface area (Å²) >= 11 is 0. The molecule has 0 aromatic heterocycles. The van der Waals surface area contributed by atoms with Crippen LogP contribution < -0.4 is 4.74 Å². The van der Waals surface area contributed by atoms with Crippen LogP contribution in [0.25, 0.3) is 0 Å². The van der Waals surface area contributed by atoms with Crippen LogP contribution in [0, 0.1) is 6.92 Å². The van der Waals surface area contributed by atoms with Gasteiger partial charge in [-0.2, -0.15) is 0 Å². The fourth-order valence-corrected chi connectivity index (χ4v) is 1.95. The van der Waals surface area contributed by atoms with Crippen LogP contribution in [0.3, 0.4) is 0 Å². The molecular weight excluding hydrogens is 270 g/mol. The Morgan fingerprint density at radius 2 is 1.85 bits per heavy atom. The van der Waals surface area contributed by atoms with Crippen LogP contribution in [0.1, 0.15) is 18.4 Å². The van der Waals surface area contributed by atoms with Gasteiger partial charge < -0.3 is 4.74 Å². The number of aryl methyl sites for hydroxylation is 1. The van der Waals surface area contributed by atoms with Crippen LogP contribution in [-0.4, -0.2) is 31.1 Å². The van der Waals surface area contributed by atoms with Crippen molar-refractivity contribution in [3.05, 3.63) is 55.1 Å². The highest BCUT2D eigenvalue weighted by molar-refractivity contribution is 5.85. The summed E-state index contributed by atoms with van der Waals surface area (Å²) in [5.41, 5.74) is 1.24. The summed E-state index contributed by atoms with van der Waals surface area (Å²) in [7, 11) is 0. The van der Waals surface area contributed by atoms with Crippen LogP contribution >= 0.6 is 12.4 Å². The minimum Gasteiger partial charge on any atom is -0.494 e. The average Bonchev–Trinajstić information content (AvgIpc) is 2.39. The Bertz CT molecular complexity index is 382. The van der Waals surface area contributed by atoms with Crippen molar-refractivity contribution in [2.24, 2.45) is 0 Å². The molecule has 0 unspecified atom stereocenters. The maximum Gasteiger partial charge on any atom is 0.119 e.